The number of carbonyl (C=O) groups excluding carboxylic acids is 2. The van der Waals surface area contributed by atoms with E-state index in [-0.39, 0.29) is 11.8 Å². The van der Waals surface area contributed by atoms with Crippen LogP contribution >= 0.6 is 11.6 Å². The molecule has 2 amide bonds. The van der Waals surface area contributed by atoms with E-state index < -0.39 is 0 Å². The van der Waals surface area contributed by atoms with Crippen molar-refractivity contribution < 1.29 is 9.59 Å². The minimum absolute atomic E-state index is 0.0131. The highest BCUT2D eigenvalue weighted by Gasteiger charge is 2.22. The second-order valence-electron chi connectivity index (χ2n) is 7.56. The Morgan fingerprint density at radius 2 is 1.62 bits per heavy atom. The van der Waals surface area contributed by atoms with Gasteiger partial charge in [0.1, 0.15) is 0 Å². The van der Waals surface area contributed by atoms with Crippen molar-refractivity contribution in [1.82, 2.24) is 9.80 Å². The van der Waals surface area contributed by atoms with Gasteiger partial charge in [0.2, 0.25) is 11.8 Å². The SMILES string of the molecule is Cc1cccc(C)c1NC(=O)CN1CCN(C(=O)CCc2ccccc2Cl)CC1. The van der Waals surface area contributed by atoms with E-state index in [0.29, 0.717) is 50.6 Å². The van der Waals surface area contributed by atoms with Gasteiger partial charge in [-0.15, -0.1) is 0 Å². The number of nitrogens with zero attached hydrogens (tertiary/aromatic N) is 2. The summed E-state index contributed by atoms with van der Waals surface area (Å²) in [7, 11) is 0. The number of benzene rings is 2. The Hall–Kier alpha value is -2.37. The maximum Gasteiger partial charge on any atom is 0.238 e. The van der Waals surface area contributed by atoms with Crippen LogP contribution in [0.15, 0.2) is 42.5 Å². The Labute approximate surface area is 177 Å². The third-order valence-corrected chi connectivity index (χ3v) is 5.77. The van der Waals surface area contributed by atoms with E-state index in [9.17, 15) is 9.59 Å². The molecule has 6 heteroatoms. The number of hydrogen-bond donors (Lipinski definition) is 1. The van der Waals surface area contributed by atoms with Gasteiger partial charge in [0, 0.05) is 43.3 Å². The van der Waals surface area contributed by atoms with Crippen molar-refractivity contribution in [3.8, 4) is 0 Å². The number of anilines is 1. The average molecular weight is 414 g/mol. The molecule has 0 unspecified atom stereocenters. The first-order valence-corrected chi connectivity index (χ1v) is 10.4. The molecule has 3 rings (SSSR count). The molecule has 1 N–H and O–H groups in total. The number of amides is 2. The summed E-state index contributed by atoms with van der Waals surface area (Å²) >= 11 is 6.17. The smallest absolute Gasteiger partial charge is 0.238 e. The minimum atomic E-state index is -0.0131. The monoisotopic (exact) mass is 413 g/mol. The van der Waals surface area contributed by atoms with Crippen molar-refractivity contribution in [3.63, 3.8) is 0 Å². The number of hydrogen-bond acceptors (Lipinski definition) is 3. The Morgan fingerprint density at radius 3 is 2.28 bits per heavy atom. The first-order valence-electron chi connectivity index (χ1n) is 10.0. The third-order valence-electron chi connectivity index (χ3n) is 5.40. The maximum atomic E-state index is 12.5. The standard InChI is InChI=1S/C23H28ClN3O2/c1-17-6-5-7-18(2)23(17)25-21(28)16-26-12-14-27(15-13-26)22(29)11-10-19-8-3-4-9-20(19)24/h3-9H,10-16H2,1-2H3,(H,25,28). The highest BCUT2D eigenvalue weighted by Crippen LogP contribution is 2.20. The Balaban J connectivity index is 1.43. The van der Waals surface area contributed by atoms with E-state index in [1.165, 1.54) is 0 Å². The molecule has 1 aliphatic heterocycles. The highest BCUT2D eigenvalue weighted by molar-refractivity contribution is 6.31. The number of para-hydroxylation sites is 1. The molecule has 0 aromatic heterocycles. The highest BCUT2D eigenvalue weighted by atomic mass is 35.5. The number of carbonyl (C=O) groups is 2. The van der Waals surface area contributed by atoms with Crippen molar-refractivity contribution in [2.24, 2.45) is 0 Å². The summed E-state index contributed by atoms with van der Waals surface area (Å²) in [6, 6.07) is 13.6. The molecule has 0 spiro atoms. The number of rotatable bonds is 6. The van der Waals surface area contributed by atoms with Crippen molar-refractivity contribution in [2.45, 2.75) is 26.7 Å². The van der Waals surface area contributed by atoms with Gasteiger partial charge in [0.05, 0.1) is 6.54 Å². The number of aryl methyl sites for hydroxylation is 3. The molecule has 1 saturated heterocycles. The van der Waals surface area contributed by atoms with E-state index in [1.54, 1.807) is 0 Å². The molecule has 29 heavy (non-hydrogen) atoms. The molecule has 2 aromatic carbocycles. The fourth-order valence-electron chi connectivity index (χ4n) is 3.65. The number of piperazine rings is 1. The van der Waals surface area contributed by atoms with Gasteiger partial charge in [-0.3, -0.25) is 14.5 Å². The molecule has 1 aliphatic rings. The second kappa shape index (κ2) is 9.90. The molecule has 1 fully saturated rings. The number of nitrogens with one attached hydrogen (secondary N) is 1. The van der Waals surface area contributed by atoms with Gasteiger partial charge in [-0.1, -0.05) is 48.0 Å². The molecule has 2 aromatic rings. The van der Waals surface area contributed by atoms with Gasteiger partial charge in [-0.2, -0.15) is 0 Å². The van der Waals surface area contributed by atoms with Crippen LogP contribution in [-0.2, 0) is 16.0 Å². The summed E-state index contributed by atoms with van der Waals surface area (Å²) in [5, 5.41) is 3.74. The zero-order valence-electron chi connectivity index (χ0n) is 17.1. The minimum Gasteiger partial charge on any atom is -0.340 e. The van der Waals surface area contributed by atoms with Gasteiger partial charge in [0.15, 0.2) is 0 Å². The topological polar surface area (TPSA) is 52.7 Å². The van der Waals surface area contributed by atoms with E-state index >= 15 is 0 Å². The van der Waals surface area contributed by atoms with Gasteiger partial charge in [0.25, 0.3) is 0 Å². The van der Waals surface area contributed by atoms with Crippen LogP contribution < -0.4 is 5.32 Å². The maximum absolute atomic E-state index is 12.5. The Morgan fingerprint density at radius 1 is 0.966 bits per heavy atom. The van der Waals surface area contributed by atoms with Gasteiger partial charge >= 0.3 is 0 Å². The Kier molecular flexibility index (Phi) is 7.29. The van der Waals surface area contributed by atoms with Crippen LogP contribution in [-0.4, -0.2) is 54.3 Å². The lowest BCUT2D eigenvalue weighted by atomic mass is 10.1. The van der Waals surface area contributed by atoms with Gasteiger partial charge in [-0.05, 0) is 43.0 Å². The largest absolute Gasteiger partial charge is 0.340 e. The molecule has 5 nitrogen and oxygen atoms in total. The summed E-state index contributed by atoms with van der Waals surface area (Å²) in [5.74, 6) is 0.130. The predicted octanol–water partition coefficient (Wildman–Crippen LogP) is 3.67. The molecule has 0 saturated carbocycles. The fourth-order valence-corrected chi connectivity index (χ4v) is 3.88. The molecule has 1 heterocycles. The first-order chi connectivity index (χ1) is 13.9. The van der Waals surface area contributed by atoms with Crippen LogP contribution in [0.1, 0.15) is 23.1 Å². The molecule has 0 bridgehead atoms. The summed E-state index contributed by atoms with van der Waals surface area (Å²) in [5.41, 5.74) is 4.02. The molecular formula is C23H28ClN3O2. The summed E-state index contributed by atoms with van der Waals surface area (Å²) in [4.78, 5) is 28.9. The Bertz CT molecular complexity index is 856. The van der Waals surface area contributed by atoms with Crippen molar-refractivity contribution in [2.75, 3.05) is 38.0 Å². The van der Waals surface area contributed by atoms with E-state index in [0.717, 1.165) is 22.4 Å². The van der Waals surface area contributed by atoms with Crippen LogP contribution in [0.4, 0.5) is 5.69 Å². The fraction of sp³-hybridized carbons (Fsp3) is 0.391. The lowest BCUT2D eigenvalue weighted by Gasteiger charge is -2.34. The zero-order chi connectivity index (χ0) is 20.8. The zero-order valence-corrected chi connectivity index (χ0v) is 17.8. The van der Waals surface area contributed by atoms with Gasteiger partial charge < -0.3 is 10.2 Å². The van der Waals surface area contributed by atoms with E-state index in [4.69, 9.17) is 11.6 Å². The molecule has 154 valence electrons. The normalized spacial score (nSPS) is 14.7. The van der Waals surface area contributed by atoms with Gasteiger partial charge in [-0.25, -0.2) is 0 Å². The molecule has 0 aliphatic carbocycles. The van der Waals surface area contributed by atoms with Crippen molar-refractivity contribution >= 4 is 29.1 Å². The summed E-state index contributed by atoms with van der Waals surface area (Å²) in [6.45, 7) is 7.05. The quantitative estimate of drug-likeness (QED) is 0.786. The number of halogens is 1. The molecule has 0 radical (unpaired) electrons. The average Bonchev–Trinajstić information content (AvgIpc) is 2.70. The molecule has 0 atom stereocenters. The van der Waals surface area contributed by atoms with Crippen LogP contribution in [0, 0.1) is 13.8 Å². The van der Waals surface area contributed by atoms with E-state index in [1.807, 2.05) is 61.2 Å². The molecular weight excluding hydrogens is 386 g/mol. The predicted molar refractivity (Wildman–Crippen MR) is 117 cm³/mol. The van der Waals surface area contributed by atoms with Crippen LogP contribution in [0.3, 0.4) is 0 Å². The van der Waals surface area contributed by atoms with Crippen LogP contribution in [0.25, 0.3) is 0 Å². The summed E-state index contributed by atoms with van der Waals surface area (Å²) in [6.07, 6.45) is 1.10. The second-order valence-corrected chi connectivity index (χ2v) is 7.97. The van der Waals surface area contributed by atoms with Crippen molar-refractivity contribution in [3.05, 3.63) is 64.2 Å². The lowest BCUT2D eigenvalue weighted by molar-refractivity contribution is -0.133. The van der Waals surface area contributed by atoms with Crippen LogP contribution in [0.2, 0.25) is 5.02 Å². The summed E-state index contributed by atoms with van der Waals surface area (Å²) < 4.78 is 0. The lowest BCUT2D eigenvalue weighted by Crippen LogP contribution is -2.50. The third kappa shape index (κ3) is 5.81. The van der Waals surface area contributed by atoms with E-state index in [2.05, 4.69) is 10.2 Å². The first kappa shape index (κ1) is 21.3. The van der Waals surface area contributed by atoms with Crippen molar-refractivity contribution in [1.29, 1.82) is 0 Å². The van der Waals surface area contributed by atoms with Crippen LogP contribution in [0.5, 0.6) is 0 Å².